The second-order valence-corrected chi connectivity index (χ2v) is 3.26. The number of hydrogen-bond acceptors (Lipinski definition) is 3. The van der Waals surface area contributed by atoms with Crippen molar-refractivity contribution in [1.29, 1.82) is 0 Å². The highest BCUT2D eigenvalue weighted by molar-refractivity contribution is 5.86. The molecular formula is C10H17NO3. The summed E-state index contributed by atoms with van der Waals surface area (Å²) in [6, 6.07) is 0. The third-order valence-electron chi connectivity index (χ3n) is 1.89. The van der Waals surface area contributed by atoms with Crippen LogP contribution >= 0.6 is 0 Å². The zero-order valence-corrected chi connectivity index (χ0v) is 8.49. The standard InChI is InChI=1S/C10H17NO3/c1-3-5-13-10(6-8-7-14-8)11-9(12)4-2/h4,8,10H,2-3,5-7H2,1H3,(H,11,12). The van der Waals surface area contributed by atoms with Gasteiger partial charge in [-0.1, -0.05) is 13.5 Å². The lowest BCUT2D eigenvalue weighted by Crippen LogP contribution is -2.37. The number of ether oxygens (including phenoxy) is 2. The molecule has 0 saturated carbocycles. The fourth-order valence-corrected chi connectivity index (χ4v) is 1.09. The molecule has 1 saturated heterocycles. The molecule has 0 aromatic heterocycles. The first kappa shape index (κ1) is 11.2. The van der Waals surface area contributed by atoms with Crippen LogP contribution in [-0.4, -0.2) is 31.5 Å². The molecule has 2 atom stereocenters. The van der Waals surface area contributed by atoms with Gasteiger partial charge in [0, 0.05) is 13.0 Å². The minimum Gasteiger partial charge on any atom is -0.373 e. The zero-order chi connectivity index (χ0) is 10.4. The number of rotatable bonds is 7. The summed E-state index contributed by atoms with van der Waals surface area (Å²) in [4.78, 5) is 11.0. The van der Waals surface area contributed by atoms with Gasteiger partial charge >= 0.3 is 0 Å². The Morgan fingerprint density at radius 1 is 1.86 bits per heavy atom. The maximum atomic E-state index is 11.0. The molecule has 1 aliphatic heterocycles. The van der Waals surface area contributed by atoms with Gasteiger partial charge in [-0.25, -0.2) is 0 Å². The lowest BCUT2D eigenvalue weighted by molar-refractivity contribution is -0.121. The molecule has 0 radical (unpaired) electrons. The Morgan fingerprint density at radius 2 is 2.57 bits per heavy atom. The fraction of sp³-hybridized carbons (Fsp3) is 0.700. The van der Waals surface area contributed by atoms with Gasteiger partial charge in [-0.3, -0.25) is 4.79 Å². The van der Waals surface area contributed by atoms with Crippen molar-refractivity contribution in [3.05, 3.63) is 12.7 Å². The molecule has 0 aromatic carbocycles. The number of hydrogen-bond donors (Lipinski definition) is 1. The van der Waals surface area contributed by atoms with Crippen LogP contribution < -0.4 is 5.32 Å². The summed E-state index contributed by atoms with van der Waals surface area (Å²) in [7, 11) is 0. The van der Waals surface area contributed by atoms with E-state index in [0.29, 0.717) is 6.61 Å². The number of carbonyl (C=O) groups excluding carboxylic acids is 1. The average molecular weight is 199 g/mol. The molecular weight excluding hydrogens is 182 g/mol. The highest BCUT2D eigenvalue weighted by Gasteiger charge is 2.27. The molecule has 80 valence electrons. The lowest BCUT2D eigenvalue weighted by atomic mass is 10.3. The summed E-state index contributed by atoms with van der Waals surface area (Å²) in [5, 5.41) is 2.71. The van der Waals surface area contributed by atoms with Gasteiger partial charge in [0.25, 0.3) is 0 Å². The van der Waals surface area contributed by atoms with Gasteiger partial charge in [-0.2, -0.15) is 0 Å². The summed E-state index contributed by atoms with van der Waals surface area (Å²) >= 11 is 0. The third-order valence-corrected chi connectivity index (χ3v) is 1.89. The molecule has 1 fully saturated rings. The molecule has 14 heavy (non-hydrogen) atoms. The molecule has 0 aromatic rings. The second kappa shape index (κ2) is 5.78. The molecule has 2 unspecified atom stereocenters. The van der Waals surface area contributed by atoms with E-state index < -0.39 is 0 Å². The molecule has 4 nitrogen and oxygen atoms in total. The second-order valence-electron chi connectivity index (χ2n) is 3.26. The molecule has 0 bridgehead atoms. The molecule has 0 spiro atoms. The van der Waals surface area contributed by atoms with Crippen molar-refractivity contribution in [3.63, 3.8) is 0 Å². The summed E-state index contributed by atoms with van der Waals surface area (Å²) in [6.07, 6.45) is 2.91. The van der Waals surface area contributed by atoms with Gasteiger partial charge in [-0.05, 0) is 12.5 Å². The van der Waals surface area contributed by atoms with E-state index in [1.165, 1.54) is 6.08 Å². The van der Waals surface area contributed by atoms with E-state index in [0.717, 1.165) is 19.4 Å². The van der Waals surface area contributed by atoms with E-state index in [1.807, 2.05) is 6.92 Å². The van der Waals surface area contributed by atoms with Gasteiger partial charge < -0.3 is 14.8 Å². The highest BCUT2D eigenvalue weighted by atomic mass is 16.6. The van der Waals surface area contributed by atoms with Crippen LogP contribution in [0.5, 0.6) is 0 Å². The van der Waals surface area contributed by atoms with Crippen molar-refractivity contribution in [2.24, 2.45) is 0 Å². The van der Waals surface area contributed by atoms with Crippen molar-refractivity contribution in [2.75, 3.05) is 13.2 Å². The van der Waals surface area contributed by atoms with Crippen molar-refractivity contribution < 1.29 is 14.3 Å². The Labute approximate surface area is 84.3 Å². The molecule has 0 aliphatic carbocycles. The first-order chi connectivity index (χ1) is 6.76. The molecule has 4 heteroatoms. The van der Waals surface area contributed by atoms with Gasteiger partial charge in [0.15, 0.2) is 0 Å². The molecule has 1 rings (SSSR count). The summed E-state index contributed by atoms with van der Waals surface area (Å²) in [5.41, 5.74) is 0. The minimum absolute atomic E-state index is 0.202. The van der Waals surface area contributed by atoms with Gasteiger partial charge in [0.1, 0.15) is 6.23 Å². The van der Waals surface area contributed by atoms with E-state index in [9.17, 15) is 4.79 Å². The van der Waals surface area contributed by atoms with Crippen LogP contribution in [0.25, 0.3) is 0 Å². The average Bonchev–Trinajstić information content (AvgIpc) is 2.97. The fourth-order valence-electron chi connectivity index (χ4n) is 1.09. The lowest BCUT2D eigenvalue weighted by Gasteiger charge is -2.17. The predicted molar refractivity (Wildman–Crippen MR) is 52.7 cm³/mol. The summed E-state index contributed by atoms with van der Waals surface area (Å²) < 4.78 is 10.5. The van der Waals surface area contributed by atoms with Crippen LogP contribution in [0.4, 0.5) is 0 Å². The van der Waals surface area contributed by atoms with E-state index in [1.54, 1.807) is 0 Å². The number of amides is 1. The van der Waals surface area contributed by atoms with Crippen LogP contribution in [0.1, 0.15) is 19.8 Å². The Hall–Kier alpha value is -0.870. The Bertz CT molecular complexity index is 202. The smallest absolute Gasteiger partial charge is 0.245 e. The molecule has 1 aliphatic rings. The maximum Gasteiger partial charge on any atom is 0.245 e. The van der Waals surface area contributed by atoms with Crippen LogP contribution in [-0.2, 0) is 14.3 Å². The molecule has 1 amide bonds. The van der Waals surface area contributed by atoms with Crippen LogP contribution in [0.15, 0.2) is 12.7 Å². The molecule has 1 heterocycles. The number of nitrogens with one attached hydrogen (secondary N) is 1. The third kappa shape index (κ3) is 4.39. The SMILES string of the molecule is C=CC(=O)NC(CC1CO1)OCCC. The van der Waals surface area contributed by atoms with Gasteiger partial charge in [0.2, 0.25) is 5.91 Å². The van der Waals surface area contributed by atoms with E-state index in [-0.39, 0.29) is 18.2 Å². The summed E-state index contributed by atoms with van der Waals surface area (Å²) in [5.74, 6) is -0.202. The van der Waals surface area contributed by atoms with Crippen LogP contribution in [0.3, 0.4) is 0 Å². The van der Waals surface area contributed by atoms with Gasteiger partial charge in [0.05, 0.1) is 12.7 Å². The number of epoxide rings is 1. The van der Waals surface area contributed by atoms with Crippen molar-refractivity contribution in [3.8, 4) is 0 Å². The maximum absolute atomic E-state index is 11.0. The monoisotopic (exact) mass is 199 g/mol. The van der Waals surface area contributed by atoms with Crippen molar-refractivity contribution in [2.45, 2.75) is 32.1 Å². The molecule has 1 N–H and O–H groups in total. The first-order valence-corrected chi connectivity index (χ1v) is 4.92. The quantitative estimate of drug-likeness (QED) is 0.375. The topological polar surface area (TPSA) is 50.9 Å². The first-order valence-electron chi connectivity index (χ1n) is 4.92. The Kier molecular flexibility index (Phi) is 4.62. The van der Waals surface area contributed by atoms with Crippen molar-refractivity contribution >= 4 is 5.91 Å². The summed E-state index contributed by atoms with van der Waals surface area (Å²) in [6.45, 7) is 6.84. The normalized spacial score (nSPS) is 21.4. The number of carbonyl (C=O) groups is 1. The Balaban J connectivity index is 2.26. The van der Waals surface area contributed by atoms with Gasteiger partial charge in [-0.15, -0.1) is 0 Å². The predicted octanol–water partition coefficient (Wildman–Crippen LogP) is 0.830. The van der Waals surface area contributed by atoms with E-state index in [4.69, 9.17) is 9.47 Å². The Morgan fingerprint density at radius 3 is 3.07 bits per heavy atom. The highest BCUT2D eigenvalue weighted by Crippen LogP contribution is 2.16. The van der Waals surface area contributed by atoms with Crippen LogP contribution in [0, 0.1) is 0 Å². The van der Waals surface area contributed by atoms with E-state index >= 15 is 0 Å². The minimum atomic E-state index is -0.243. The zero-order valence-electron chi connectivity index (χ0n) is 8.49. The largest absolute Gasteiger partial charge is 0.373 e. The van der Waals surface area contributed by atoms with Crippen molar-refractivity contribution in [1.82, 2.24) is 5.32 Å². The van der Waals surface area contributed by atoms with Crippen LogP contribution in [0.2, 0.25) is 0 Å². The van der Waals surface area contributed by atoms with E-state index in [2.05, 4.69) is 11.9 Å².